The Labute approximate surface area is 93.5 Å². The van der Waals surface area contributed by atoms with E-state index in [2.05, 4.69) is 0 Å². The van der Waals surface area contributed by atoms with E-state index in [0.29, 0.717) is 19.3 Å². The molecule has 0 saturated carbocycles. The van der Waals surface area contributed by atoms with E-state index in [9.17, 15) is 15.0 Å². The lowest BCUT2D eigenvalue weighted by molar-refractivity contribution is -0.163. The minimum atomic E-state index is -1.14. The second-order valence-corrected chi connectivity index (χ2v) is 4.13. The van der Waals surface area contributed by atoms with E-state index in [0.717, 1.165) is 11.1 Å². The molecule has 4 heteroatoms. The van der Waals surface area contributed by atoms with Gasteiger partial charge in [0.1, 0.15) is 5.75 Å². The molecular formula is C12H14O4. The van der Waals surface area contributed by atoms with Gasteiger partial charge in [0.2, 0.25) is 0 Å². The van der Waals surface area contributed by atoms with Gasteiger partial charge < -0.3 is 14.9 Å². The Kier molecular flexibility index (Phi) is 2.59. The van der Waals surface area contributed by atoms with Crippen LogP contribution in [0.4, 0.5) is 0 Å². The molecule has 0 heterocycles. The molecule has 0 spiro atoms. The summed E-state index contributed by atoms with van der Waals surface area (Å²) in [5.41, 5.74) is 0.808. The minimum absolute atomic E-state index is 0.163. The Morgan fingerprint density at radius 2 is 2.19 bits per heavy atom. The number of hydrogen-bond acceptors (Lipinski definition) is 3. The number of ether oxygens (including phenoxy) is 1. The molecule has 2 N–H and O–H groups in total. The third-order valence-electron chi connectivity index (χ3n) is 3.24. The number of hydrogen-bond donors (Lipinski definition) is 2. The molecule has 0 bridgehead atoms. The number of fused-ring (bicyclic) bond motifs is 1. The van der Waals surface area contributed by atoms with Crippen LogP contribution in [0.2, 0.25) is 0 Å². The number of aryl methyl sites for hydroxylation is 1. The van der Waals surface area contributed by atoms with Crippen molar-refractivity contribution in [3.8, 4) is 5.75 Å². The van der Waals surface area contributed by atoms with Gasteiger partial charge in [0, 0.05) is 13.5 Å². The Hall–Kier alpha value is -1.55. The smallest absolute Gasteiger partial charge is 0.336 e. The maximum Gasteiger partial charge on any atom is 0.336 e. The van der Waals surface area contributed by atoms with Gasteiger partial charge in [-0.05, 0) is 36.1 Å². The van der Waals surface area contributed by atoms with Crippen molar-refractivity contribution < 1.29 is 19.7 Å². The molecule has 0 saturated heterocycles. The number of benzene rings is 1. The standard InChI is InChI=1S/C12H14O4/c1-16-12(11(14)15)5-4-8-2-3-10(13)6-9(8)7-12/h2-3,6,13H,4-5,7H2,1H3,(H,14,15). The Bertz CT molecular complexity index is 427. The first-order chi connectivity index (χ1) is 7.57. The Balaban J connectivity index is 2.38. The van der Waals surface area contributed by atoms with Crippen LogP contribution in [-0.4, -0.2) is 28.9 Å². The van der Waals surface area contributed by atoms with Gasteiger partial charge in [-0.3, -0.25) is 0 Å². The van der Waals surface area contributed by atoms with Crippen molar-refractivity contribution in [1.29, 1.82) is 0 Å². The quantitative estimate of drug-likeness (QED) is 0.792. The van der Waals surface area contributed by atoms with Crippen molar-refractivity contribution in [2.45, 2.75) is 24.9 Å². The van der Waals surface area contributed by atoms with Crippen molar-refractivity contribution in [3.05, 3.63) is 29.3 Å². The van der Waals surface area contributed by atoms with Crippen LogP contribution in [0.5, 0.6) is 5.75 Å². The van der Waals surface area contributed by atoms with Crippen LogP contribution in [0.25, 0.3) is 0 Å². The zero-order valence-electron chi connectivity index (χ0n) is 9.06. The second-order valence-electron chi connectivity index (χ2n) is 4.13. The Morgan fingerprint density at radius 1 is 1.44 bits per heavy atom. The monoisotopic (exact) mass is 222 g/mol. The van der Waals surface area contributed by atoms with Gasteiger partial charge in [0.25, 0.3) is 0 Å². The average molecular weight is 222 g/mol. The molecule has 0 aromatic heterocycles. The summed E-state index contributed by atoms with van der Waals surface area (Å²) in [6.07, 6.45) is 1.44. The van der Waals surface area contributed by atoms with Crippen LogP contribution < -0.4 is 0 Å². The zero-order chi connectivity index (χ0) is 11.8. The van der Waals surface area contributed by atoms with E-state index in [1.54, 1.807) is 12.1 Å². The number of phenolic OH excluding ortho intramolecular Hbond substituents is 1. The van der Waals surface area contributed by atoms with Crippen molar-refractivity contribution >= 4 is 5.97 Å². The first-order valence-electron chi connectivity index (χ1n) is 5.17. The van der Waals surface area contributed by atoms with Crippen molar-refractivity contribution in [2.24, 2.45) is 0 Å². The van der Waals surface area contributed by atoms with Crippen molar-refractivity contribution in [2.75, 3.05) is 7.11 Å². The fourth-order valence-electron chi connectivity index (χ4n) is 2.20. The van der Waals surface area contributed by atoms with E-state index in [1.807, 2.05) is 6.07 Å². The fourth-order valence-corrected chi connectivity index (χ4v) is 2.20. The number of aromatic hydroxyl groups is 1. The van der Waals surface area contributed by atoms with Crippen molar-refractivity contribution in [3.63, 3.8) is 0 Å². The number of phenols is 1. The van der Waals surface area contributed by atoms with Gasteiger partial charge >= 0.3 is 5.97 Å². The van der Waals surface area contributed by atoms with Crippen LogP contribution in [0.15, 0.2) is 18.2 Å². The third-order valence-corrected chi connectivity index (χ3v) is 3.24. The highest BCUT2D eigenvalue weighted by Gasteiger charge is 2.41. The fraction of sp³-hybridized carbons (Fsp3) is 0.417. The third kappa shape index (κ3) is 1.65. The predicted octanol–water partition coefficient (Wildman–Crippen LogP) is 1.35. The van der Waals surface area contributed by atoms with Gasteiger partial charge in [-0.15, -0.1) is 0 Å². The summed E-state index contributed by atoms with van der Waals surface area (Å²) >= 11 is 0. The number of carboxylic acids is 1. The van der Waals surface area contributed by atoms with Gasteiger partial charge in [-0.1, -0.05) is 6.07 Å². The molecular weight excluding hydrogens is 208 g/mol. The molecule has 0 fully saturated rings. The number of rotatable bonds is 2. The maximum absolute atomic E-state index is 11.2. The number of aliphatic carboxylic acids is 1. The molecule has 4 nitrogen and oxygen atoms in total. The van der Waals surface area contributed by atoms with Gasteiger partial charge in [-0.25, -0.2) is 4.79 Å². The van der Waals surface area contributed by atoms with Crippen molar-refractivity contribution in [1.82, 2.24) is 0 Å². The minimum Gasteiger partial charge on any atom is -0.508 e. The summed E-state index contributed by atoms with van der Waals surface area (Å²) in [6.45, 7) is 0. The highest BCUT2D eigenvalue weighted by atomic mass is 16.5. The lowest BCUT2D eigenvalue weighted by atomic mass is 9.80. The molecule has 1 aromatic carbocycles. The molecule has 16 heavy (non-hydrogen) atoms. The van der Waals surface area contributed by atoms with Crippen LogP contribution >= 0.6 is 0 Å². The molecule has 1 unspecified atom stereocenters. The molecule has 1 aromatic rings. The van der Waals surface area contributed by atoms with Gasteiger partial charge in [0.15, 0.2) is 5.60 Å². The number of carboxylic acid groups (broad SMARTS) is 1. The van der Waals surface area contributed by atoms with Crippen LogP contribution in [0.3, 0.4) is 0 Å². The summed E-state index contributed by atoms with van der Waals surface area (Å²) in [5.74, 6) is -0.778. The second kappa shape index (κ2) is 3.79. The molecule has 1 atom stereocenters. The highest BCUT2D eigenvalue weighted by molar-refractivity contribution is 5.78. The summed E-state index contributed by atoms with van der Waals surface area (Å²) < 4.78 is 5.16. The van der Waals surface area contributed by atoms with E-state index >= 15 is 0 Å². The average Bonchev–Trinajstić information content (AvgIpc) is 2.27. The highest BCUT2D eigenvalue weighted by Crippen LogP contribution is 2.33. The summed E-state index contributed by atoms with van der Waals surface area (Å²) in [7, 11) is 1.42. The summed E-state index contributed by atoms with van der Waals surface area (Å²) in [4.78, 5) is 11.2. The van der Waals surface area contributed by atoms with Gasteiger partial charge in [-0.2, -0.15) is 0 Å². The van der Waals surface area contributed by atoms with Gasteiger partial charge in [0.05, 0.1) is 0 Å². The summed E-state index contributed by atoms with van der Waals surface area (Å²) in [5, 5.41) is 18.6. The normalized spacial score (nSPS) is 23.8. The first-order valence-corrected chi connectivity index (χ1v) is 5.17. The number of carbonyl (C=O) groups is 1. The molecule has 0 aliphatic heterocycles. The molecule has 2 rings (SSSR count). The molecule has 86 valence electrons. The van der Waals surface area contributed by atoms with E-state index in [-0.39, 0.29) is 5.75 Å². The van der Waals surface area contributed by atoms with Crippen LogP contribution in [-0.2, 0) is 22.4 Å². The SMILES string of the molecule is COC1(C(=O)O)CCc2ccc(O)cc2C1. The van der Waals surface area contributed by atoms with Crippen LogP contribution in [0.1, 0.15) is 17.5 Å². The van der Waals surface area contributed by atoms with E-state index in [4.69, 9.17) is 4.74 Å². The molecule has 1 aliphatic carbocycles. The van der Waals surface area contributed by atoms with E-state index in [1.165, 1.54) is 7.11 Å². The topological polar surface area (TPSA) is 66.8 Å². The Morgan fingerprint density at radius 3 is 2.81 bits per heavy atom. The molecule has 0 radical (unpaired) electrons. The lowest BCUT2D eigenvalue weighted by Gasteiger charge is -2.33. The zero-order valence-corrected chi connectivity index (χ0v) is 9.06. The maximum atomic E-state index is 11.2. The molecule has 0 amide bonds. The lowest BCUT2D eigenvalue weighted by Crippen LogP contribution is -2.45. The summed E-state index contributed by atoms with van der Waals surface area (Å²) in [6, 6.07) is 5.08. The number of methoxy groups -OCH3 is 1. The molecule has 1 aliphatic rings. The van der Waals surface area contributed by atoms with E-state index < -0.39 is 11.6 Å². The van der Waals surface area contributed by atoms with Crippen LogP contribution in [0, 0.1) is 0 Å². The predicted molar refractivity (Wildman–Crippen MR) is 57.5 cm³/mol. The first kappa shape index (κ1) is 11.0. The largest absolute Gasteiger partial charge is 0.508 e.